The second kappa shape index (κ2) is 7.63. The Kier molecular flexibility index (Phi) is 5.31. The van der Waals surface area contributed by atoms with E-state index in [1.807, 2.05) is 38.1 Å². The van der Waals surface area contributed by atoms with Gasteiger partial charge in [0.1, 0.15) is 5.75 Å². The highest BCUT2D eigenvalue weighted by Gasteiger charge is 2.18. The SMILES string of the molecule is CCNc1nnc(S[C@@H](C)c2nnc(-c3ccc(OC)cc3)o2)s1. The number of hydrogen-bond donors (Lipinski definition) is 1. The fourth-order valence-electron chi connectivity index (χ4n) is 1.93. The topological polar surface area (TPSA) is 86.0 Å². The van der Waals surface area contributed by atoms with Crippen molar-refractivity contribution in [2.24, 2.45) is 0 Å². The van der Waals surface area contributed by atoms with Crippen LogP contribution in [0.25, 0.3) is 11.5 Å². The quantitative estimate of drug-likeness (QED) is 0.633. The summed E-state index contributed by atoms with van der Waals surface area (Å²) in [6.45, 7) is 4.85. The zero-order chi connectivity index (χ0) is 16.9. The first-order chi connectivity index (χ1) is 11.7. The van der Waals surface area contributed by atoms with Crippen LogP contribution < -0.4 is 10.1 Å². The predicted molar refractivity (Wildman–Crippen MR) is 94.6 cm³/mol. The number of rotatable bonds is 7. The summed E-state index contributed by atoms with van der Waals surface area (Å²) in [5.41, 5.74) is 0.858. The summed E-state index contributed by atoms with van der Waals surface area (Å²) in [5, 5.41) is 20.5. The number of methoxy groups -OCH3 is 1. The van der Waals surface area contributed by atoms with E-state index in [1.54, 1.807) is 18.9 Å². The van der Waals surface area contributed by atoms with Crippen LogP contribution in [0.15, 0.2) is 33.0 Å². The highest BCUT2D eigenvalue weighted by molar-refractivity contribution is 8.01. The Bertz CT molecular complexity index is 787. The summed E-state index contributed by atoms with van der Waals surface area (Å²) in [6.07, 6.45) is 0. The molecule has 9 heteroatoms. The van der Waals surface area contributed by atoms with Gasteiger partial charge < -0.3 is 14.5 Å². The van der Waals surface area contributed by atoms with Gasteiger partial charge in [0.15, 0.2) is 4.34 Å². The number of ether oxygens (including phenoxy) is 1. The molecule has 2 aromatic heterocycles. The first-order valence-electron chi connectivity index (χ1n) is 7.41. The molecule has 24 heavy (non-hydrogen) atoms. The largest absolute Gasteiger partial charge is 0.497 e. The molecule has 0 fully saturated rings. The summed E-state index contributed by atoms with van der Waals surface area (Å²) >= 11 is 3.06. The van der Waals surface area contributed by atoms with E-state index in [-0.39, 0.29) is 5.25 Å². The lowest BCUT2D eigenvalue weighted by atomic mass is 10.2. The maximum absolute atomic E-state index is 5.79. The molecule has 3 rings (SSSR count). The molecule has 0 saturated heterocycles. The number of hydrogen-bond acceptors (Lipinski definition) is 9. The molecule has 0 unspecified atom stereocenters. The van der Waals surface area contributed by atoms with Gasteiger partial charge in [0.25, 0.3) is 0 Å². The number of thioether (sulfide) groups is 1. The Hall–Kier alpha value is -2.13. The van der Waals surface area contributed by atoms with Crippen LogP contribution in [0, 0.1) is 0 Å². The number of nitrogens with zero attached hydrogens (tertiary/aromatic N) is 4. The molecule has 0 aliphatic rings. The van der Waals surface area contributed by atoms with Crippen molar-refractivity contribution in [2.75, 3.05) is 19.0 Å². The first kappa shape index (κ1) is 16.7. The zero-order valence-electron chi connectivity index (χ0n) is 13.5. The third-order valence-electron chi connectivity index (χ3n) is 3.14. The van der Waals surface area contributed by atoms with E-state index in [1.165, 1.54) is 11.3 Å². The first-order valence-corrected chi connectivity index (χ1v) is 9.11. The van der Waals surface area contributed by atoms with Crippen LogP contribution in [-0.2, 0) is 0 Å². The Morgan fingerprint density at radius 2 is 2.00 bits per heavy atom. The normalized spacial score (nSPS) is 12.1. The Morgan fingerprint density at radius 1 is 1.21 bits per heavy atom. The van der Waals surface area contributed by atoms with E-state index < -0.39 is 0 Å². The number of anilines is 1. The van der Waals surface area contributed by atoms with Gasteiger partial charge in [-0.1, -0.05) is 23.1 Å². The van der Waals surface area contributed by atoms with Crippen molar-refractivity contribution >= 4 is 28.2 Å². The lowest BCUT2D eigenvalue weighted by Gasteiger charge is -2.02. The van der Waals surface area contributed by atoms with Crippen LogP contribution in [0.3, 0.4) is 0 Å². The summed E-state index contributed by atoms with van der Waals surface area (Å²) in [4.78, 5) is 0. The van der Waals surface area contributed by atoms with Gasteiger partial charge in [-0.3, -0.25) is 0 Å². The van der Waals surface area contributed by atoms with Crippen LogP contribution in [0.1, 0.15) is 25.0 Å². The van der Waals surface area contributed by atoms with Gasteiger partial charge in [-0.25, -0.2) is 0 Å². The van der Waals surface area contributed by atoms with E-state index in [4.69, 9.17) is 9.15 Å². The van der Waals surface area contributed by atoms with Crippen molar-refractivity contribution in [3.8, 4) is 17.2 Å². The van der Waals surface area contributed by atoms with Gasteiger partial charge in [-0.15, -0.1) is 20.4 Å². The van der Waals surface area contributed by atoms with Gasteiger partial charge in [-0.2, -0.15) is 0 Å². The van der Waals surface area contributed by atoms with Crippen LogP contribution in [-0.4, -0.2) is 34.0 Å². The standard InChI is InChI=1S/C15H17N5O2S2/c1-4-16-14-19-20-15(24-14)23-9(2)12-17-18-13(22-12)10-5-7-11(21-3)8-6-10/h5-9H,4H2,1-3H3,(H,16,19)/t9-/m0/s1. The third-order valence-corrected chi connectivity index (χ3v) is 5.19. The molecule has 0 bridgehead atoms. The molecule has 0 aliphatic carbocycles. The number of benzene rings is 1. The molecule has 1 aromatic carbocycles. The molecule has 0 aliphatic heterocycles. The molecule has 2 heterocycles. The van der Waals surface area contributed by atoms with Gasteiger partial charge in [0.05, 0.1) is 12.4 Å². The Morgan fingerprint density at radius 3 is 2.71 bits per heavy atom. The van der Waals surface area contributed by atoms with Crippen molar-refractivity contribution < 1.29 is 9.15 Å². The van der Waals surface area contributed by atoms with Gasteiger partial charge in [0.2, 0.25) is 16.9 Å². The van der Waals surface area contributed by atoms with Crippen molar-refractivity contribution in [1.82, 2.24) is 20.4 Å². The maximum atomic E-state index is 5.79. The molecular weight excluding hydrogens is 346 g/mol. The Balaban J connectivity index is 1.69. The fraction of sp³-hybridized carbons (Fsp3) is 0.333. The molecule has 3 aromatic rings. The smallest absolute Gasteiger partial charge is 0.247 e. The average Bonchev–Trinajstić information content (AvgIpc) is 3.25. The monoisotopic (exact) mass is 363 g/mol. The lowest BCUT2D eigenvalue weighted by molar-refractivity contribution is 0.415. The lowest BCUT2D eigenvalue weighted by Crippen LogP contribution is -1.94. The molecule has 1 atom stereocenters. The van der Waals surface area contributed by atoms with Crippen molar-refractivity contribution in [3.63, 3.8) is 0 Å². The van der Waals surface area contributed by atoms with Crippen LogP contribution in [0.2, 0.25) is 0 Å². The summed E-state index contributed by atoms with van der Waals surface area (Å²) in [5.74, 6) is 1.84. The number of aromatic nitrogens is 4. The van der Waals surface area contributed by atoms with E-state index in [9.17, 15) is 0 Å². The van der Waals surface area contributed by atoms with E-state index in [2.05, 4.69) is 25.7 Å². The van der Waals surface area contributed by atoms with Gasteiger partial charge in [0, 0.05) is 12.1 Å². The summed E-state index contributed by atoms with van der Waals surface area (Å²) in [6, 6.07) is 7.50. The van der Waals surface area contributed by atoms with Crippen LogP contribution in [0.5, 0.6) is 5.75 Å². The third kappa shape index (κ3) is 3.85. The Labute approximate surface area is 147 Å². The fourth-order valence-corrected chi connectivity index (χ4v) is 3.92. The van der Waals surface area contributed by atoms with E-state index in [0.717, 1.165) is 27.3 Å². The summed E-state index contributed by atoms with van der Waals surface area (Å²) in [7, 11) is 1.63. The molecule has 1 N–H and O–H groups in total. The maximum Gasteiger partial charge on any atom is 0.247 e. The van der Waals surface area contributed by atoms with Gasteiger partial charge in [-0.05, 0) is 38.1 Å². The minimum absolute atomic E-state index is 0.00748. The molecule has 0 saturated carbocycles. The van der Waals surface area contributed by atoms with E-state index >= 15 is 0 Å². The molecule has 0 radical (unpaired) electrons. The highest BCUT2D eigenvalue weighted by atomic mass is 32.2. The molecule has 0 spiro atoms. The van der Waals surface area contributed by atoms with Crippen molar-refractivity contribution in [2.45, 2.75) is 23.4 Å². The number of nitrogens with one attached hydrogen (secondary N) is 1. The minimum Gasteiger partial charge on any atom is -0.497 e. The van der Waals surface area contributed by atoms with Crippen LogP contribution in [0.4, 0.5) is 5.13 Å². The van der Waals surface area contributed by atoms with Crippen LogP contribution >= 0.6 is 23.1 Å². The molecule has 0 amide bonds. The van der Waals surface area contributed by atoms with Crippen molar-refractivity contribution in [3.05, 3.63) is 30.2 Å². The zero-order valence-corrected chi connectivity index (χ0v) is 15.1. The highest BCUT2D eigenvalue weighted by Crippen LogP contribution is 2.37. The molecule has 7 nitrogen and oxygen atoms in total. The molecular formula is C15H17N5O2S2. The minimum atomic E-state index is -0.00748. The van der Waals surface area contributed by atoms with E-state index in [0.29, 0.717) is 11.8 Å². The second-order valence-corrected chi connectivity index (χ2v) is 7.40. The van der Waals surface area contributed by atoms with Crippen molar-refractivity contribution in [1.29, 1.82) is 0 Å². The second-order valence-electron chi connectivity index (χ2n) is 4.84. The average molecular weight is 363 g/mol. The predicted octanol–water partition coefficient (Wildman–Crippen LogP) is 3.88. The molecule has 126 valence electrons. The summed E-state index contributed by atoms with van der Waals surface area (Å²) < 4.78 is 11.8. The van der Waals surface area contributed by atoms with Gasteiger partial charge >= 0.3 is 0 Å².